The van der Waals surface area contributed by atoms with Gasteiger partial charge in [0.1, 0.15) is 0 Å². The number of hydrogen-bond donors (Lipinski definition) is 1. The first-order chi connectivity index (χ1) is 10.1. The van der Waals surface area contributed by atoms with Crippen LogP contribution < -0.4 is 5.32 Å². The van der Waals surface area contributed by atoms with Crippen molar-refractivity contribution in [1.29, 1.82) is 0 Å². The van der Waals surface area contributed by atoms with E-state index in [1.807, 2.05) is 0 Å². The summed E-state index contributed by atoms with van der Waals surface area (Å²) in [5.41, 5.74) is 3.63. The molecule has 2 rings (SSSR count). The number of nitrogens with one attached hydrogen (secondary N) is 1. The monoisotopic (exact) mass is 288 g/mol. The van der Waals surface area contributed by atoms with Crippen molar-refractivity contribution < 1.29 is 4.79 Å². The maximum absolute atomic E-state index is 12.4. The number of anilines is 1. The highest BCUT2D eigenvalue weighted by atomic mass is 16.2. The molecule has 0 aliphatic carbocycles. The highest BCUT2D eigenvalue weighted by Gasteiger charge is 2.24. The summed E-state index contributed by atoms with van der Waals surface area (Å²) in [5, 5.41) is 3.38. The molecule has 0 saturated carbocycles. The van der Waals surface area contributed by atoms with Gasteiger partial charge in [0.05, 0.1) is 0 Å². The number of carbonyl (C=O) groups excluding carboxylic acids is 1. The SMILES string of the molecule is CCC1CCCCN1C(=O)CCNc1cc(C)cc(C)c1. The summed E-state index contributed by atoms with van der Waals surface area (Å²) in [6.45, 7) is 8.05. The fourth-order valence-corrected chi connectivity index (χ4v) is 3.29. The van der Waals surface area contributed by atoms with Crippen molar-refractivity contribution in [2.75, 3.05) is 18.4 Å². The van der Waals surface area contributed by atoms with Gasteiger partial charge in [0.2, 0.25) is 5.91 Å². The summed E-state index contributed by atoms with van der Waals surface area (Å²) in [7, 11) is 0. The van der Waals surface area contributed by atoms with E-state index in [1.165, 1.54) is 24.0 Å². The predicted molar refractivity (Wildman–Crippen MR) is 88.7 cm³/mol. The van der Waals surface area contributed by atoms with Crippen molar-refractivity contribution in [3.63, 3.8) is 0 Å². The molecule has 1 atom stereocenters. The van der Waals surface area contributed by atoms with Crippen LogP contribution in [0.25, 0.3) is 0 Å². The van der Waals surface area contributed by atoms with Gasteiger partial charge in [-0.3, -0.25) is 4.79 Å². The second-order valence-electron chi connectivity index (χ2n) is 6.20. The Morgan fingerprint density at radius 3 is 2.62 bits per heavy atom. The lowest BCUT2D eigenvalue weighted by molar-refractivity contribution is -0.134. The third-order valence-electron chi connectivity index (χ3n) is 4.31. The van der Waals surface area contributed by atoms with Crippen LogP contribution in [0.2, 0.25) is 0 Å². The molecule has 0 spiro atoms. The smallest absolute Gasteiger partial charge is 0.224 e. The second-order valence-corrected chi connectivity index (χ2v) is 6.20. The maximum Gasteiger partial charge on any atom is 0.224 e. The van der Waals surface area contributed by atoms with E-state index in [0.29, 0.717) is 24.9 Å². The number of amides is 1. The van der Waals surface area contributed by atoms with Crippen LogP contribution >= 0.6 is 0 Å². The number of benzene rings is 1. The van der Waals surface area contributed by atoms with Gasteiger partial charge in [-0.25, -0.2) is 0 Å². The molecule has 116 valence electrons. The minimum atomic E-state index is 0.304. The molecule has 0 radical (unpaired) electrons. The normalized spacial score (nSPS) is 18.6. The molecule has 3 nitrogen and oxygen atoms in total. The van der Waals surface area contributed by atoms with E-state index in [4.69, 9.17) is 0 Å². The summed E-state index contributed by atoms with van der Waals surface area (Å²) < 4.78 is 0. The van der Waals surface area contributed by atoms with Gasteiger partial charge in [-0.05, 0) is 62.8 Å². The highest BCUT2D eigenvalue weighted by molar-refractivity contribution is 5.77. The van der Waals surface area contributed by atoms with E-state index in [1.54, 1.807) is 0 Å². The molecular formula is C18H28N2O. The van der Waals surface area contributed by atoms with E-state index < -0.39 is 0 Å². The van der Waals surface area contributed by atoms with Gasteiger partial charge < -0.3 is 10.2 Å². The lowest BCUT2D eigenvalue weighted by Gasteiger charge is -2.35. The lowest BCUT2D eigenvalue weighted by atomic mass is 9.99. The molecule has 1 amide bonds. The number of rotatable bonds is 5. The van der Waals surface area contributed by atoms with E-state index in [9.17, 15) is 4.79 Å². The van der Waals surface area contributed by atoms with Crippen LogP contribution in [0.5, 0.6) is 0 Å². The Bertz CT molecular complexity index is 464. The van der Waals surface area contributed by atoms with Crippen LogP contribution in [0, 0.1) is 13.8 Å². The van der Waals surface area contributed by atoms with Crippen LogP contribution in [-0.4, -0.2) is 29.9 Å². The van der Waals surface area contributed by atoms with Gasteiger partial charge in [0, 0.05) is 31.2 Å². The molecule has 1 aromatic carbocycles. The molecule has 1 aliphatic rings. The molecule has 1 saturated heterocycles. The number of carbonyl (C=O) groups is 1. The molecule has 3 heteroatoms. The van der Waals surface area contributed by atoms with Gasteiger partial charge in [-0.15, -0.1) is 0 Å². The Balaban J connectivity index is 1.83. The first kappa shape index (κ1) is 15.9. The molecule has 0 aromatic heterocycles. The average Bonchev–Trinajstić information content (AvgIpc) is 2.46. The highest BCUT2D eigenvalue weighted by Crippen LogP contribution is 2.20. The maximum atomic E-state index is 12.4. The van der Waals surface area contributed by atoms with Gasteiger partial charge in [0.15, 0.2) is 0 Å². The minimum Gasteiger partial charge on any atom is -0.385 e. The van der Waals surface area contributed by atoms with Crippen LogP contribution in [-0.2, 0) is 4.79 Å². The average molecular weight is 288 g/mol. The van der Waals surface area contributed by atoms with Crippen molar-refractivity contribution in [3.8, 4) is 0 Å². The first-order valence-corrected chi connectivity index (χ1v) is 8.21. The fraction of sp³-hybridized carbons (Fsp3) is 0.611. The summed E-state index contributed by atoms with van der Waals surface area (Å²) in [4.78, 5) is 14.5. The zero-order valence-electron chi connectivity index (χ0n) is 13.6. The lowest BCUT2D eigenvalue weighted by Crippen LogP contribution is -2.43. The van der Waals surface area contributed by atoms with E-state index in [2.05, 4.69) is 49.2 Å². The molecule has 1 N–H and O–H groups in total. The number of likely N-dealkylation sites (tertiary alicyclic amines) is 1. The quantitative estimate of drug-likeness (QED) is 0.891. The van der Waals surface area contributed by atoms with E-state index in [0.717, 1.165) is 25.1 Å². The molecule has 1 aromatic rings. The summed E-state index contributed by atoms with van der Waals surface area (Å²) in [6.07, 6.45) is 5.27. The zero-order chi connectivity index (χ0) is 15.2. The first-order valence-electron chi connectivity index (χ1n) is 8.21. The third kappa shape index (κ3) is 4.48. The number of nitrogens with zero attached hydrogens (tertiary/aromatic N) is 1. The Morgan fingerprint density at radius 1 is 1.24 bits per heavy atom. The molecule has 1 unspecified atom stereocenters. The molecule has 0 bridgehead atoms. The van der Waals surface area contributed by atoms with E-state index in [-0.39, 0.29) is 0 Å². The van der Waals surface area contributed by atoms with Gasteiger partial charge in [0.25, 0.3) is 0 Å². The second kappa shape index (κ2) is 7.48. The van der Waals surface area contributed by atoms with Crippen LogP contribution in [0.3, 0.4) is 0 Å². The molecule has 21 heavy (non-hydrogen) atoms. The minimum absolute atomic E-state index is 0.304. The number of hydrogen-bond acceptors (Lipinski definition) is 2. The standard InChI is InChI=1S/C18H28N2O/c1-4-17-7-5-6-10-20(17)18(21)8-9-19-16-12-14(2)11-15(3)13-16/h11-13,17,19H,4-10H2,1-3H3. The van der Waals surface area contributed by atoms with Gasteiger partial charge >= 0.3 is 0 Å². The third-order valence-corrected chi connectivity index (χ3v) is 4.31. The van der Waals surface area contributed by atoms with E-state index >= 15 is 0 Å². The fourth-order valence-electron chi connectivity index (χ4n) is 3.29. The topological polar surface area (TPSA) is 32.3 Å². The van der Waals surface area contributed by atoms with Gasteiger partial charge in [-0.2, -0.15) is 0 Å². The van der Waals surface area contributed by atoms with Crippen molar-refractivity contribution >= 4 is 11.6 Å². The Morgan fingerprint density at radius 2 is 1.95 bits per heavy atom. The summed E-state index contributed by atoms with van der Waals surface area (Å²) >= 11 is 0. The Hall–Kier alpha value is -1.51. The molecular weight excluding hydrogens is 260 g/mol. The Labute approximate surface area is 128 Å². The predicted octanol–water partition coefficient (Wildman–Crippen LogP) is 3.90. The van der Waals surface area contributed by atoms with Crippen LogP contribution in [0.15, 0.2) is 18.2 Å². The number of aryl methyl sites for hydroxylation is 2. The van der Waals surface area contributed by atoms with Crippen molar-refractivity contribution in [2.45, 2.75) is 58.9 Å². The summed E-state index contributed by atoms with van der Waals surface area (Å²) in [6, 6.07) is 6.89. The van der Waals surface area contributed by atoms with Gasteiger partial charge in [-0.1, -0.05) is 13.0 Å². The molecule has 1 aliphatic heterocycles. The van der Waals surface area contributed by atoms with Crippen molar-refractivity contribution in [1.82, 2.24) is 4.90 Å². The zero-order valence-corrected chi connectivity index (χ0v) is 13.6. The molecule has 1 heterocycles. The van der Waals surface area contributed by atoms with Crippen LogP contribution in [0.1, 0.15) is 50.2 Å². The molecule has 1 fully saturated rings. The number of piperidine rings is 1. The summed E-state index contributed by atoms with van der Waals surface area (Å²) in [5.74, 6) is 0.304. The van der Waals surface area contributed by atoms with Crippen molar-refractivity contribution in [2.24, 2.45) is 0 Å². The van der Waals surface area contributed by atoms with Crippen LogP contribution in [0.4, 0.5) is 5.69 Å². The van der Waals surface area contributed by atoms with Crippen molar-refractivity contribution in [3.05, 3.63) is 29.3 Å². The Kier molecular flexibility index (Phi) is 5.66. The largest absolute Gasteiger partial charge is 0.385 e.